The summed E-state index contributed by atoms with van der Waals surface area (Å²) in [5.74, 6) is 0.318. The van der Waals surface area contributed by atoms with Crippen molar-refractivity contribution in [3.8, 4) is 0 Å². The number of aryl methyl sites for hydroxylation is 1. The fourth-order valence-electron chi connectivity index (χ4n) is 4.63. The lowest BCUT2D eigenvalue weighted by Crippen LogP contribution is -2.62. The largest absolute Gasteiger partial charge is 0.857 e. The van der Waals surface area contributed by atoms with Crippen LogP contribution in [0.3, 0.4) is 0 Å². The smallest absolute Gasteiger partial charge is 0.324 e. The van der Waals surface area contributed by atoms with Gasteiger partial charge in [-0.2, -0.15) is 0 Å². The lowest BCUT2D eigenvalue weighted by atomic mass is 9.69. The fourth-order valence-corrected chi connectivity index (χ4v) is 5.61. The second-order valence-corrected chi connectivity index (χ2v) is 10.5. The Morgan fingerprint density at radius 1 is 1.39 bits per heavy atom. The van der Waals surface area contributed by atoms with Crippen LogP contribution in [0.4, 0.5) is 11.6 Å². The number of pyridine rings is 1. The number of nitrogens with two attached hydrogens (primary N) is 1. The maximum Gasteiger partial charge on any atom is 0.324 e. The number of aliphatic imine (C=N–C) groups is 1. The van der Waals surface area contributed by atoms with Crippen LogP contribution < -0.4 is 20.6 Å². The predicted molar refractivity (Wildman–Crippen MR) is 125 cm³/mol. The summed E-state index contributed by atoms with van der Waals surface area (Å²) in [6.45, 7) is 9.58. The Hall–Kier alpha value is -2.72. The number of hydrogen-bond donors (Lipinski definition) is 1. The Labute approximate surface area is 196 Å². The summed E-state index contributed by atoms with van der Waals surface area (Å²) in [4.78, 5) is 11.7. The van der Waals surface area contributed by atoms with Gasteiger partial charge in [0.1, 0.15) is 4.83 Å². The van der Waals surface area contributed by atoms with Crippen molar-refractivity contribution < 1.29 is 19.2 Å². The molecule has 3 aromatic heterocycles. The molecule has 1 aliphatic heterocycles. The molecule has 1 fully saturated rings. The summed E-state index contributed by atoms with van der Waals surface area (Å²) in [7, 11) is 0. The first-order chi connectivity index (χ1) is 15.9. The van der Waals surface area contributed by atoms with Crippen molar-refractivity contribution in [3.05, 3.63) is 28.4 Å². The Kier molecular flexibility index (Phi) is 5.74. The van der Waals surface area contributed by atoms with E-state index >= 15 is 0 Å². The minimum atomic E-state index is -0.441. The minimum absolute atomic E-state index is 0.139. The molecule has 33 heavy (non-hydrogen) atoms. The molecule has 0 amide bonds. The molecule has 1 unspecified atom stereocenters. The number of aromatic nitrogens is 3. The van der Waals surface area contributed by atoms with Crippen LogP contribution in [0.25, 0.3) is 10.2 Å². The van der Waals surface area contributed by atoms with Gasteiger partial charge in [-0.1, -0.05) is 27.2 Å². The molecule has 0 aromatic carbocycles. The molecule has 0 spiro atoms. The summed E-state index contributed by atoms with van der Waals surface area (Å²) in [5.41, 5.74) is 9.53. The Morgan fingerprint density at radius 2 is 2.18 bits per heavy atom. The molecule has 0 saturated carbocycles. The second kappa shape index (κ2) is 8.57. The van der Waals surface area contributed by atoms with Gasteiger partial charge < -0.3 is 15.6 Å². The Balaban J connectivity index is 1.42. The summed E-state index contributed by atoms with van der Waals surface area (Å²) < 4.78 is 10.6. The molecule has 9 nitrogen and oxygen atoms in total. The van der Waals surface area contributed by atoms with E-state index in [1.165, 1.54) is 16.9 Å². The fraction of sp³-hybridized carbons (Fsp3) is 0.565. The zero-order chi connectivity index (χ0) is 23.2. The van der Waals surface area contributed by atoms with Gasteiger partial charge in [-0.05, 0) is 42.2 Å². The van der Waals surface area contributed by atoms with E-state index in [9.17, 15) is 5.11 Å². The number of anilines is 1. The maximum absolute atomic E-state index is 12.9. The highest BCUT2D eigenvalue weighted by atomic mass is 32.1. The van der Waals surface area contributed by atoms with Crippen molar-refractivity contribution in [2.24, 2.45) is 16.3 Å². The van der Waals surface area contributed by atoms with Gasteiger partial charge >= 0.3 is 5.88 Å². The average Bonchev–Trinajstić information content (AvgIpc) is 3.42. The van der Waals surface area contributed by atoms with E-state index in [0.29, 0.717) is 48.2 Å². The van der Waals surface area contributed by atoms with Gasteiger partial charge in [-0.15, -0.1) is 16.3 Å². The molecule has 4 heterocycles. The van der Waals surface area contributed by atoms with Crippen molar-refractivity contribution in [2.45, 2.75) is 46.5 Å². The van der Waals surface area contributed by atoms with E-state index < -0.39 is 5.90 Å². The van der Waals surface area contributed by atoms with Gasteiger partial charge in [0.25, 0.3) is 6.20 Å². The lowest BCUT2D eigenvalue weighted by molar-refractivity contribution is -0.759. The van der Waals surface area contributed by atoms with Gasteiger partial charge in [0, 0.05) is 17.0 Å². The predicted octanol–water partition coefficient (Wildman–Crippen LogP) is 2.10. The molecule has 0 radical (unpaired) electrons. The highest BCUT2D eigenvalue weighted by Crippen LogP contribution is 2.42. The first-order valence-electron chi connectivity index (χ1n) is 11.5. The summed E-state index contributed by atoms with van der Waals surface area (Å²) >= 11 is 1.29. The Bertz CT molecular complexity index is 1190. The highest BCUT2D eigenvalue weighted by molar-refractivity contribution is 7.21. The number of nitrogen functional groups attached to an aromatic ring is 1. The van der Waals surface area contributed by atoms with Crippen LogP contribution in [0, 0.1) is 11.3 Å². The molecule has 0 bridgehead atoms. The van der Waals surface area contributed by atoms with Crippen LogP contribution >= 0.6 is 11.3 Å². The molecule has 5 rings (SSSR count). The van der Waals surface area contributed by atoms with Gasteiger partial charge in [-0.25, -0.2) is 9.98 Å². The van der Waals surface area contributed by atoms with Crippen molar-refractivity contribution in [1.82, 2.24) is 10.3 Å². The third-order valence-corrected chi connectivity index (χ3v) is 8.33. The van der Waals surface area contributed by atoms with E-state index in [-0.39, 0.29) is 5.88 Å². The minimum Gasteiger partial charge on any atom is -0.857 e. The average molecular weight is 471 g/mol. The standard InChI is InChI=1S/C23H30N6O3S/c1-4-23(2,3)15-5-6-17-14(11-15)12-16-19(24)20(33-22(16)25-17)21(30)26-18-13-29(27-32-18)28-7-9-31-10-8-28/h12-13,15H,4-11H2,1-3H3,(H2-,24,26,27,30). The third kappa shape index (κ3) is 4.17. The van der Waals surface area contributed by atoms with Gasteiger partial charge in [0.15, 0.2) is 0 Å². The zero-order valence-corrected chi connectivity index (χ0v) is 20.2. The van der Waals surface area contributed by atoms with E-state index in [2.05, 4.69) is 37.1 Å². The van der Waals surface area contributed by atoms with Crippen molar-refractivity contribution in [3.63, 3.8) is 0 Å². The van der Waals surface area contributed by atoms with Crippen LogP contribution in [-0.4, -0.2) is 42.5 Å². The van der Waals surface area contributed by atoms with E-state index in [4.69, 9.17) is 20.0 Å². The van der Waals surface area contributed by atoms with Gasteiger partial charge in [-0.3, -0.25) is 4.52 Å². The maximum atomic E-state index is 12.9. The number of rotatable bonds is 5. The first kappa shape index (κ1) is 22.1. The molecule has 3 aromatic rings. The topological polar surface area (TPSA) is 117 Å². The van der Waals surface area contributed by atoms with E-state index in [1.54, 1.807) is 11.0 Å². The molecule has 2 aliphatic rings. The first-order valence-corrected chi connectivity index (χ1v) is 12.4. The zero-order valence-electron chi connectivity index (χ0n) is 19.3. The SMILES string of the molecule is CCC(C)(C)C1CCc2nc3sc(/C([O-])=N/c4c[n+](N5CCOCC5)no4)c(N)c3cc2C1. The molecule has 1 saturated heterocycles. The number of thiophene rings is 1. The second-order valence-electron chi connectivity index (χ2n) is 9.52. The number of nitrogens with zero attached hydrogens (tertiary/aromatic N) is 5. The van der Waals surface area contributed by atoms with Crippen molar-refractivity contribution in [2.75, 3.05) is 37.0 Å². The molecule has 1 aliphatic carbocycles. The molecule has 10 heteroatoms. The van der Waals surface area contributed by atoms with Gasteiger partial charge in [0.2, 0.25) is 5.27 Å². The van der Waals surface area contributed by atoms with Crippen LogP contribution in [0.5, 0.6) is 0 Å². The van der Waals surface area contributed by atoms with Crippen LogP contribution in [0.2, 0.25) is 0 Å². The summed E-state index contributed by atoms with van der Waals surface area (Å²) in [5, 5.41) is 19.7. The number of hydrogen-bond acceptors (Lipinski definition) is 9. The van der Waals surface area contributed by atoms with Gasteiger partial charge in [0.05, 0.1) is 41.7 Å². The quantitative estimate of drug-likeness (QED) is 0.345. The molecule has 2 N–H and O–H groups in total. The molecule has 1 atom stereocenters. The lowest BCUT2D eigenvalue weighted by Gasteiger charge is -2.36. The highest BCUT2D eigenvalue weighted by Gasteiger charge is 2.32. The van der Waals surface area contributed by atoms with Crippen LogP contribution in [-0.2, 0) is 17.6 Å². The molecular weight excluding hydrogens is 440 g/mol. The summed E-state index contributed by atoms with van der Waals surface area (Å²) in [6, 6.07) is 2.14. The number of morpholine rings is 1. The third-order valence-electron chi connectivity index (χ3n) is 7.23. The van der Waals surface area contributed by atoms with Crippen LogP contribution in [0.1, 0.15) is 49.7 Å². The van der Waals surface area contributed by atoms with E-state index in [1.807, 2.05) is 5.01 Å². The Morgan fingerprint density at radius 3 is 2.94 bits per heavy atom. The normalized spacial score (nSPS) is 19.8. The van der Waals surface area contributed by atoms with Crippen LogP contribution in [0.15, 0.2) is 21.8 Å². The summed E-state index contributed by atoms with van der Waals surface area (Å²) in [6.07, 6.45) is 5.85. The molecule has 176 valence electrons. The molecular formula is C23H30N6O3S. The number of ether oxygens (including phenoxy) is 1. The van der Waals surface area contributed by atoms with Crippen molar-refractivity contribution in [1.29, 1.82) is 0 Å². The number of fused-ring (bicyclic) bond motifs is 2. The monoisotopic (exact) mass is 470 g/mol. The van der Waals surface area contributed by atoms with E-state index in [0.717, 1.165) is 41.6 Å². The van der Waals surface area contributed by atoms with Crippen molar-refractivity contribution >= 4 is 39.0 Å².